The molecule has 0 aliphatic rings. The topological polar surface area (TPSA) is 55.0 Å². The standard InChI is InChI=1S/C16H16N2O2/c1-3-18-10-9-14(15(11-17)16(18)19)12-5-7-13(8-6-12)20-4-2/h5-10H,3-4H2,1-2H3. The molecule has 0 unspecified atom stereocenters. The third-order valence-corrected chi connectivity index (χ3v) is 3.09. The van der Waals surface area contributed by atoms with Gasteiger partial charge in [0, 0.05) is 18.3 Å². The quantitative estimate of drug-likeness (QED) is 0.856. The number of benzene rings is 1. The van der Waals surface area contributed by atoms with Crippen molar-refractivity contribution in [3.8, 4) is 22.9 Å². The van der Waals surface area contributed by atoms with E-state index in [0.717, 1.165) is 11.3 Å². The van der Waals surface area contributed by atoms with Gasteiger partial charge in [0.05, 0.1) is 6.61 Å². The molecule has 2 aromatic rings. The van der Waals surface area contributed by atoms with Gasteiger partial charge in [0.15, 0.2) is 0 Å². The smallest absolute Gasteiger partial charge is 0.269 e. The summed E-state index contributed by atoms with van der Waals surface area (Å²) in [5.41, 5.74) is 1.43. The summed E-state index contributed by atoms with van der Waals surface area (Å²) >= 11 is 0. The first kappa shape index (κ1) is 13.9. The van der Waals surface area contributed by atoms with Gasteiger partial charge in [-0.1, -0.05) is 12.1 Å². The third-order valence-electron chi connectivity index (χ3n) is 3.09. The van der Waals surface area contributed by atoms with Crippen LogP contribution in [0.3, 0.4) is 0 Å². The van der Waals surface area contributed by atoms with Crippen LogP contribution in [0.2, 0.25) is 0 Å². The summed E-state index contributed by atoms with van der Waals surface area (Å²) in [4.78, 5) is 12.1. The molecule has 1 heterocycles. The lowest BCUT2D eigenvalue weighted by Crippen LogP contribution is -2.21. The fourth-order valence-electron chi connectivity index (χ4n) is 2.07. The largest absolute Gasteiger partial charge is 0.494 e. The van der Waals surface area contributed by atoms with E-state index >= 15 is 0 Å². The van der Waals surface area contributed by atoms with Gasteiger partial charge in [0.2, 0.25) is 0 Å². The van der Waals surface area contributed by atoms with E-state index in [0.29, 0.717) is 18.7 Å². The number of nitrogens with zero attached hydrogens (tertiary/aromatic N) is 2. The van der Waals surface area contributed by atoms with E-state index in [9.17, 15) is 10.1 Å². The monoisotopic (exact) mass is 268 g/mol. The number of hydrogen-bond donors (Lipinski definition) is 0. The molecule has 1 aromatic carbocycles. The average molecular weight is 268 g/mol. The van der Waals surface area contributed by atoms with Crippen LogP contribution >= 0.6 is 0 Å². The lowest BCUT2D eigenvalue weighted by atomic mass is 10.0. The summed E-state index contributed by atoms with van der Waals surface area (Å²) in [6.07, 6.45) is 1.72. The summed E-state index contributed by atoms with van der Waals surface area (Å²) in [5.74, 6) is 0.775. The zero-order valence-corrected chi connectivity index (χ0v) is 11.6. The number of pyridine rings is 1. The molecular formula is C16H16N2O2. The van der Waals surface area contributed by atoms with E-state index < -0.39 is 0 Å². The Hall–Kier alpha value is -2.54. The molecule has 0 radical (unpaired) electrons. The van der Waals surface area contributed by atoms with Crippen LogP contribution in [0.25, 0.3) is 11.1 Å². The van der Waals surface area contributed by atoms with E-state index in [1.54, 1.807) is 12.3 Å². The molecule has 0 spiro atoms. The zero-order chi connectivity index (χ0) is 14.5. The highest BCUT2D eigenvalue weighted by atomic mass is 16.5. The predicted molar refractivity (Wildman–Crippen MR) is 77.7 cm³/mol. The molecule has 0 bridgehead atoms. The van der Waals surface area contributed by atoms with Crippen LogP contribution in [-0.4, -0.2) is 11.2 Å². The molecule has 0 fully saturated rings. The average Bonchev–Trinajstić information content (AvgIpc) is 2.48. The summed E-state index contributed by atoms with van der Waals surface area (Å²) in [6, 6.07) is 11.2. The maximum absolute atomic E-state index is 12.1. The Bertz CT molecular complexity index is 694. The van der Waals surface area contributed by atoms with E-state index in [2.05, 4.69) is 0 Å². The van der Waals surface area contributed by atoms with Crippen LogP contribution in [0.5, 0.6) is 5.75 Å². The Kier molecular flexibility index (Phi) is 4.21. The molecule has 0 amide bonds. The Morgan fingerprint density at radius 3 is 2.45 bits per heavy atom. The SMILES string of the molecule is CCOc1ccc(-c2ccn(CC)c(=O)c2C#N)cc1. The van der Waals surface area contributed by atoms with E-state index in [1.165, 1.54) is 4.57 Å². The van der Waals surface area contributed by atoms with Gasteiger partial charge in [-0.05, 0) is 37.6 Å². The molecule has 20 heavy (non-hydrogen) atoms. The molecule has 0 saturated heterocycles. The number of aromatic nitrogens is 1. The molecule has 4 heteroatoms. The fourth-order valence-corrected chi connectivity index (χ4v) is 2.07. The molecule has 2 rings (SSSR count). The highest BCUT2D eigenvalue weighted by Gasteiger charge is 2.10. The Morgan fingerprint density at radius 1 is 1.20 bits per heavy atom. The van der Waals surface area contributed by atoms with Crippen molar-refractivity contribution in [1.29, 1.82) is 5.26 Å². The fraction of sp³-hybridized carbons (Fsp3) is 0.250. The van der Waals surface area contributed by atoms with Gasteiger partial charge < -0.3 is 9.30 Å². The van der Waals surface area contributed by atoms with Gasteiger partial charge in [0.25, 0.3) is 5.56 Å². The Labute approximate surface area is 117 Å². The van der Waals surface area contributed by atoms with E-state index in [-0.39, 0.29) is 11.1 Å². The Morgan fingerprint density at radius 2 is 1.90 bits per heavy atom. The lowest BCUT2D eigenvalue weighted by Gasteiger charge is -2.08. The maximum Gasteiger partial charge on any atom is 0.269 e. The van der Waals surface area contributed by atoms with E-state index in [4.69, 9.17) is 4.74 Å². The molecule has 1 aromatic heterocycles. The van der Waals surface area contributed by atoms with Crippen molar-refractivity contribution in [3.63, 3.8) is 0 Å². The third kappa shape index (κ3) is 2.57. The molecule has 0 aliphatic heterocycles. The second-order valence-corrected chi connectivity index (χ2v) is 4.26. The summed E-state index contributed by atoms with van der Waals surface area (Å²) in [6.45, 7) is 4.96. The molecule has 0 N–H and O–H groups in total. The minimum Gasteiger partial charge on any atom is -0.494 e. The highest BCUT2D eigenvalue weighted by molar-refractivity contribution is 5.70. The highest BCUT2D eigenvalue weighted by Crippen LogP contribution is 2.23. The van der Waals surface area contributed by atoms with Gasteiger partial charge >= 0.3 is 0 Å². The Balaban J connectivity index is 2.50. The van der Waals surface area contributed by atoms with Gasteiger partial charge in [-0.3, -0.25) is 4.79 Å². The number of rotatable bonds is 4. The summed E-state index contributed by atoms with van der Waals surface area (Å²) in [7, 11) is 0. The van der Waals surface area contributed by atoms with Gasteiger partial charge in [-0.25, -0.2) is 0 Å². The van der Waals surface area contributed by atoms with Crippen molar-refractivity contribution in [2.24, 2.45) is 0 Å². The summed E-state index contributed by atoms with van der Waals surface area (Å²) < 4.78 is 6.91. The van der Waals surface area contributed by atoms with Crippen LogP contribution < -0.4 is 10.3 Å². The normalized spacial score (nSPS) is 10.1. The zero-order valence-electron chi connectivity index (χ0n) is 11.6. The van der Waals surface area contributed by atoms with Crippen LogP contribution in [0.1, 0.15) is 19.4 Å². The summed E-state index contributed by atoms with van der Waals surface area (Å²) in [5, 5.41) is 9.23. The minimum absolute atomic E-state index is 0.179. The first-order valence-electron chi connectivity index (χ1n) is 6.58. The van der Waals surface area contributed by atoms with Crippen molar-refractivity contribution in [2.75, 3.05) is 6.61 Å². The van der Waals surface area contributed by atoms with E-state index in [1.807, 2.05) is 44.2 Å². The van der Waals surface area contributed by atoms with Crippen LogP contribution in [0, 0.1) is 11.3 Å². The van der Waals surface area contributed by atoms with Gasteiger partial charge in [-0.2, -0.15) is 5.26 Å². The molecule has 4 nitrogen and oxygen atoms in total. The molecule has 102 valence electrons. The first-order chi connectivity index (χ1) is 9.71. The number of ether oxygens (including phenoxy) is 1. The molecule has 0 atom stereocenters. The minimum atomic E-state index is -0.249. The van der Waals surface area contributed by atoms with Crippen molar-refractivity contribution >= 4 is 0 Å². The molecule has 0 aliphatic carbocycles. The van der Waals surface area contributed by atoms with Crippen LogP contribution in [0.15, 0.2) is 41.3 Å². The van der Waals surface area contributed by atoms with Crippen molar-refractivity contribution in [1.82, 2.24) is 4.57 Å². The number of nitriles is 1. The predicted octanol–water partition coefficient (Wildman–Crippen LogP) is 2.81. The maximum atomic E-state index is 12.1. The first-order valence-corrected chi connectivity index (χ1v) is 6.58. The second-order valence-electron chi connectivity index (χ2n) is 4.26. The second kappa shape index (κ2) is 6.07. The van der Waals surface area contributed by atoms with Gasteiger partial charge in [-0.15, -0.1) is 0 Å². The molecular weight excluding hydrogens is 252 g/mol. The van der Waals surface area contributed by atoms with Gasteiger partial charge in [0.1, 0.15) is 17.4 Å². The molecule has 0 saturated carbocycles. The van der Waals surface area contributed by atoms with Crippen molar-refractivity contribution in [2.45, 2.75) is 20.4 Å². The number of hydrogen-bond acceptors (Lipinski definition) is 3. The van der Waals surface area contributed by atoms with Crippen molar-refractivity contribution < 1.29 is 4.74 Å². The number of aryl methyl sites for hydroxylation is 1. The lowest BCUT2D eigenvalue weighted by molar-refractivity contribution is 0.340. The van der Waals surface area contributed by atoms with Crippen LogP contribution in [-0.2, 0) is 6.54 Å². The van der Waals surface area contributed by atoms with Crippen molar-refractivity contribution in [3.05, 3.63) is 52.4 Å². The van der Waals surface area contributed by atoms with Crippen LogP contribution in [0.4, 0.5) is 0 Å².